The van der Waals surface area contributed by atoms with Crippen LogP contribution < -0.4 is 0 Å². The smallest absolute Gasteiger partial charge is 0.356 e. The van der Waals surface area contributed by atoms with Gasteiger partial charge in [0.25, 0.3) is 0 Å². The molecule has 0 radical (unpaired) electrons. The standard InChI is InChI=1S/C10H9N3O3S/c1-5(14)7-6(10(15)16)12-9(17-7)8-11-3-4-13(8)2/h3-4H,1-2H3,(H,15,16). The molecule has 0 bridgehead atoms. The fourth-order valence-electron chi connectivity index (χ4n) is 1.37. The molecule has 2 aromatic heterocycles. The topological polar surface area (TPSA) is 85.1 Å². The van der Waals surface area contributed by atoms with Crippen molar-refractivity contribution in [2.45, 2.75) is 6.92 Å². The summed E-state index contributed by atoms with van der Waals surface area (Å²) in [7, 11) is 1.78. The van der Waals surface area contributed by atoms with Gasteiger partial charge in [-0.1, -0.05) is 0 Å². The number of carbonyl (C=O) groups is 2. The van der Waals surface area contributed by atoms with E-state index in [9.17, 15) is 9.59 Å². The van der Waals surface area contributed by atoms with E-state index in [1.807, 2.05) is 0 Å². The lowest BCUT2D eigenvalue weighted by Crippen LogP contribution is -2.03. The minimum atomic E-state index is -1.20. The first-order chi connectivity index (χ1) is 8.00. The van der Waals surface area contributed by atoms with Gasteiger partial charge in [0.2, 0.25) is 0 Å². The van der Waals surface area contributed by atoms with Gasteiger partial charge < -0.3 is 9.67 Å². The van der Waals surface area contributed by atoms with Crippen molar-refractivity contribution in [3.8, 4) is 10.8 Å². The third-order valence-corrected chi connectivity index (χ3v) is 3.31. The van der Waals surface area contributed by atoms with E-state index in [1.54, 1.807) is 24.0 Å². The van der Waals surface area contributed by atoms with Crippen LogP contribution in [0.3, 0.4) is 0 Å². The van der Waals surface area contributed by atoms with Gasteiger partial charge in [0.05, 0.1) is 0 Å². The predicted molar refractivity (Wildman–Crippen MR) is 61.3 cm³/mol. The predicted octanol–water partition coefficient (Wildman–Crippen LogP) is 1.44. The van der Waals surface area contributed by atoms with Crippen molar-refractivity contribution in [2.24, 2.45) is 7.05 Å². The lowest BCUT2D eigenvalue weighted by Gasteiger charge is -1.94. The van der Waals surface area contributed by atoms with E-state index in [1.165, 1.54) is 6.92 Å². The molecule has 7 heteroatoms. The van der Waals surface area contributed by atoms with E-state index in [2.05, 4.69) is 9.97 Å². The van der Waals surface area contributed by atoms with Gasteiger partial charge in [-0.3, -0.25) is 4.79 Å². The summed E-state index contributed by atoms with van der Waals surface area (Å²) in [6.07, 6.45) is 3.31. The molecule has 0 saturated carbocycles. The van der Waals surface area contributed by atoms with Crippen LogP contribution in [0, 0.1) is 0 Å². The summed E-state index contributed by atoms with van der Waals surface area (Å²) in [5.41, 5.74) is -0.208. The number of hydrogen-bond acceptors (Lipinski definition) is 5. The highest BCUT2D eigenvalue weighted by atomic mass is 32.1. The first-order valence-electron chi connectivity index (χ1n) is 4.73. The molecule has 88 valence electrons. The number of rotatable bonds is 3. The molecule has 2 heterocycles. The van der Waals surface area contributed by atoms with Gasteiger partial charge in [-0.2, -0.15) is 0 Å². The molecule has 2 aromatic rings. The van der Waals surface area contributed by atoms with Crippen LogP contribution >= 0.6 is 11.3 Å². The lowest BCUT2D eigenvalue weighted by molar-refractivity contribution is 0.0687. The summed E-state index contributed by atoms with van der Waals surface area (Å²) in [6, 6.07) is 0. The van der Waals surface area contributed by atoms with Gasteiger partial charge in [-0.15, -0.1) is 11.3 Å². The Bertz CT molecular complexity index is 568. The van der Waals surface area contributed by atoms with Crippen LogP contribution in [0.5, 0.6) is 0 Å². The lowest BCUT2D eigenvalue weighted by atomic mass is 10.3. The Morgan fingerprint density at radius 2 is 2.18 bits per heavy atom. The number of aromatic carboxylic acids is 1. The van der Waals surface area contributed by atoms with Crippen LogP contribution in [0.2, 0.25) is 0 Å². The Balaban J connectivity index is 2.59. The van der Waals surface area contributed by atoms with Gasteiger partial charge in [-0.05, 0) is 0 Å². The van der Waals surface area contributed by atoms with Crippen LogP contribution in [0.25, 0.3) is 10.8 Å². The molecule has 0 unspecified atom stereocenters. The van der Waals surface area contributed by atoms with Gasteiger partial charge >= 0.3 is 5.97 Å². The van der Waals surface area contributed by atoms with E-state index in [-0.39, 0.29) is 16.4 Å². The van der Waals surface area contributed by atoms with Crippen molar-refractivity contribution in [1.82, 2.24) is 14.5 Å². The van der Waals surface area contributed by atoms with Crippen LogP contribution in [0.1, 0.15) is 27.1 Å². The number of Topliss-reactive ketones (excluding diaryl/α,β-unsaturated/α-hetero) is 1. The van der Waals surface area contributed by atoms with Gasteiger partial charge in [0.15, 0.2) is 22.3 Å². The Hall–Kier alpha value is -2.02. The number of thiazole rings is 1. The van der Waals surface area contributed by atoms with Crippen molar-refractivity contribution in [1.29, 1.82) is 0 Å². The highest BCUT2D eigenvalue weighted by Crippen LogP contribution is 2.27. The largest absolute Gasteiger partial charge is 0.476 e. The molecule has 0 spiro atoms. The Morgan fingerprint density at radius 3 is 2.59 bits per heavy atom. The zero-order valence-corrected chi connectivity index (χ0v) is 9.98. The maximum Gasteiger partial charge on any atom is 0.356 e. The molecule has 1 N–H and O–H groups in total. The van der Waals surface area contributed by atoms with E-state index < -0.39 is 5.97 Å². The Morgan fingerprint density at radius 1 is 1.47 bits per heavy atom. The average molecular weight is 251 g/mol. The second-order valence-electron chi connectivity index (χ2n) is 3.42. The highest BCUT2D eigenvalue weighted by molar-refractivity contribution is 7.17. The molecule has 17 heavy (non-hydrogen) atoms. The molecule has 2 rings (SSSR count). The monoisotopic (exact) mass is 251 g/mol. The van der Waals surface area contributed by atoms with E-state index in [4.69, 9.17) is 5.11 Å². The van der Waals surface area contributed by atoms with Crippen molar-refractivity contribution in [3.63, 3.8) is 0 Å². The number of carbonyl (C=O) groups excluding carboxylic acids is 1. The zero-order valence-electron chi connectivity index (χ0n) is 9.17. The molecule has 0 aliphatic rings. The summed E-state index contributed by atoms with van der Waals surface area (Å²) < 4.78 is 1.72. The Labute approximate surface area is 101 Å². The SMILES string of the molecule is CC(=O)c1sc(-c2nccn2C)nc1C(=O)O. The zero-order chi connectivity index (χ0) is 12.6. The van der Waals surface area contributed by atoms with Crippen molar-refractivity contribution < 1.29 is 14.7 Å². The molecule has 0 fully saturated rings. The van der Waals surface area contributed by atoms with Crippen molar-refractivity contribution in [2.75, 3.05) is 0 Å². The summed E-state index contributed by atoms with van der Waals surface area (Å²) >= 11 is 1.04. The minimum absolute atomic E-state index is 0.149. The first kappa shape index (κ1) is 11.5. The van der Waals surface area contributed by atoms with Gasteiger partial charge in [0.1, 0.15) is 4.88 Å². The maximum absolute atomic E-state index is 11.3. The van der Waals surface area contributed by atoms with Gasteiger partial charge in [0, 0.05) is 26.4 Å². The number of nitrogens with zero attached hydrogens (tertiary/aromatic N) is 3. The van der Waals surface area contributed by atoms with Gasteiger partial charge in [-0.25, -0.2) is 14.8 Å². The summed E-state index contributed by atoms with van der Waals surface area (Å²) in [5.74, 6) is -0.961. The van der Waals surface area contributed by atoms with Crippen molar-refractivity contribution in [3.05, 3.63) is 23.0 Å². The minimum Gasteiger partial charge on any atom is -0.476 e. The van der Waals surface area contributed by atoms with Crippen LogP contribution in [0.4, 0.5) is 0 Å². The molecular formula is C10H9N3O3S. The molecule has 0 aliphatic heterocycles. The second kappa shape index (κ2) is 4.10. The van der Waals surface area contributed by atoms with Crippen LogP contribution in [0.15, 0.2) is 12.4 Å². The summed E-state index contributed by atoms with van der Waals surface area (Å²) in [4.78, 5) is 30.4. The third kappa shape index (κ3) is 1.96. The number of aromatic nitrogens is 3. The normalized spacial score (nSPS) is 10.5. The first-order valence-corrected chi connectivity index (χ1v) is 5.55. The molecule has 0 aliphatic carbocycles. The van der Waals surface area contributed by atoms with E-state index >= 15 is 0 Å². The molecule has 6 nitrogen and oxygen atoms in total. The molecular weight excluding hydrogens is 242 g/mol. The molecule has 0 aromatic carbocycles. The molecule has 0 amide bonds. The Kier molecular flexibility index (Phi) is 2.76. The van der Waals surface area contributed by atoms with Crippen LogP contribution in [-0.4, -0.2) is 31.4 Å². The number of ketones is 1. The maximum atomic E-state index is 11.3. The summed E-state index contributed by atoms with van der Waals surface area (Å²) in [6.45, 7) is 1.32. The number of aryl methyl sites for hydroxylation is 1. The average Bonchev–Trinajstić information content (AvgIpc) is 2.82. The van der Waals surface area contributed by atoms with E-state index in [0.717, 1.165) is 11.3 Å². The molecule has 0 saturated heterocycles. The van der Waals surface area contributed by atoms with Crippen molar-refractivity contribution >= 4 is 23.1 Å². The fraction of sp³-hybridized carbons (Fsp3) is 0.200. The summed E-state index contributed by atoms with van der Waals surface area (Å²) in [5, 5.41) is 9.39. The second-order valence-corrected chi connectivity index (χ2v) is 4.42. The highest BCUT2D eigenvalue weighted by Gasteiger charge is 2.22. The third-order valence-electron chi connectivity index (χ3n) is 2.16. The number of carboxylic acid groups (broad SMARTS) is 1. The number of carboxylic acids is 1. The quantitative estimate of drug-likeness (QED) is 0.834. The van der Waals surface area contributed by atoms with Crippen LogP contribution in [-0.2, 0) is 7.05 Å². The number of hydrogen-bond donors (Lipinski definition) is 1. The van der Waals surface area contributed by atoms with E-state index in [0.29, 0.717) is 10.8 Å². The molecule has 0 atom stereocenters. The fourth-order valence-corrected chi connectivity index (χ4v) is 2.36. The number of imidazole rings is 1.